The predicted molar refractivity (Wildman–Crippen MR) is 83.7 cm³/mol. The average molecular weight is 333 g/mol. The Morgan fingerprint density at radius 3 is 2.62 bits per heavy atom. The molecule has 0 atom stereocenters. The van der Waals surface area contributed by atoms with Gasteiger partial charge in [0.15, 0.2) is 0 Å². The van der Waals surface area contributed by atoms with Gasteiger partial charge in [-0.15, -0.1) is 0 Å². The van der Waals surface area contributed by atoms with Crippen LogP contribution < -0.4 is 5.32 Å². The van der Waals surface area contributed by atoms with E-state index in [1.54, 1.807) is 36.3 Å². The number of nitrogens with one attached hydrogen (secondary N) is 1. The average Bonchev–Trinajstić information content (AvgIpc) is 2.92. The van der Waals surface area contributed by atoms with E-state index in [1.807, 2.05) is 0 Å². The normalized spacial score (nSPS) is 11.5. The van der Waals surface area contributed by atoms with Crippen LogP contribution in [-0.2, 0) is 13.2 Å². The number of alkyl halides is 3. The molecule has 0 spiro atoms. The van der Waals surface area contributed by atoms with E-state index in [0.29, 0.717) is 16.9 Å². The van der Waals surface area contributed by atoms with Crippen molar-refractivity contribution in [3.8, 4) is 11.3 Å². The minimum atomic E-state index is -4.40. The van der Waals surface area contributed by atoms with Crippen LogP contribution in [0.4, 0.5) is 24.8 Å². The smallest absolute Gasteiger partial charge is 0.321 e. The van der Waals surface area contributed by atoms with E-state index in [0.717, 1.165) is 6.07 Å². The third-order valence-corrected chi connectivity index (χ3v) is 3.46. The van der Waals surface area contributed by atoms with Crippen LogP contribution in [0.2, 0.25) is 0 Å². The molecule has 0 saturated heterocycles. The SMILES string of the molecule is Cc1ccc(-c2ccnc(Nc3cnn(C)c3)n2)cc1C(F)(F)F. The van der Waals surface area contributed by atoms with E-state index in [1.165, 1.54) is 19.2 Å². The summed E-state index contributed by atoms with van der Waals surface area (Å²) in [5, 5.41) is 6.98. The Morgan fingerprint density at radius 1 is 1.17 bits per heavy atom. The Balaban J connectivity index is 1.94. The molecule has 2 aromatic heterocycles. The summed E-state index contributed by atoms with van der Waals surface area (Å²) < 4.78 is 40.8. The van der Waals surface area contributed by atoms with E-state index < -0.39 is 11.7 Å². The molecule has 1 aromatic carbocycles. The summed E-state index contributed by atoms with van der Waals surface area (Å²) >= 11 is 0. The van der Waals surface area contributed by atoms with Crippen LogP contribution in [0.5, 0.6) is 0 Å². The second-order valence-corrected chi connectivity index (χ2v) is 5.32. The first kappa shape index (κ1) is 16.0. The highest BCUT2D eigenvalue weighted by molar-refractivity contribution is 5.63. The third kappa shape index (κ3) is 3.37. The number of hydrogen-bond acceptors (Lipinski definition) is 4. The van der Waals surface area contributed by atoms with Gasteiger partial charge < -0.3 is 5.32 Å². The second kappa shape index (κ2) is 5.95. The zero-order valence-electron chi connectivity index (χ0n) is 13.0. The molecular weight excluding hydrogens is 319 g/mol. The largest absolute Gasteiger partial charge is 0.416 e. The fourth-order valence-corrected chi connectivity index (χ4v) is 2.28. The fraction of sp³-hybridized carbons (Fsp3) is 0.188. The third-order valence-electron chi connectivity index (χ3n) is 3.46. The van der Waals surface area contributed by atoms with Crippen LogP contribution in [-0.4, -0.2) is 19.7 Å². The van der Waals surface area contributed by atoms with Crippen LogP contribution in [0, 0.1) is 6.92 Å². The van der Waals surface area contributed by atoms with Crippen LogP contribution >= 0.6 is 0 Å². The molecule has 0 aliphatic carbocycles. The maximum Gasteiger partial charge on any atom is 0.416 e. The van der Waals surface area contributed by atoms with Crippen LogP contribution in [0.3, 0.4) is 0 Å². The predicted octanol–water partition coefficient (Wildman–Crippen LogP) is 3.95. The molecule has 3 aromatic rings. The molecule has 8 heteroatoms. The molecule has 124 valence electrons. The van der Waals surface area contributed by atoms with E-state index in [2.05, 4.69) is 20.4 Å². The molecule has 0 fully saturated rings. The molecule has 0 aliphatic heterocycles. The van der Waals surface area contributed by atoms with Gasteiger partial charge in [0.2, 0.25) is 5.95 Å². The van der Waals surface area contributed by atoms with Crippen LogP contribution in [0.25, 0.3) is 11.3 Å². The molecule has 0 unspecified atom stereocenters. The molecule has 1 N–H and O–H groups in total. The van der Waals surface area contributed by atoms with Crippen molar-refractivity contribution in [1.29, 1.82) is 0 Å². The molecule has 0 amide bonds. The molecule has 0 aliphatic rings. The molecule has 3 rings (SSSR count). The quantitative estimate of drug-likeness (QED) is 0.788. The number of benzene rings is 1. The topological polar surface area (TPSA) is 55.6 Å². The van der Waals surface area contributed by atoms with Gasteiger partial charge in [-0.25, -0.2) is 9.97 Å². The summed E-state index contributed by atoms with van der Waals surface area (Å²) in [6.45, 7) is 1.43. The lowest BCUT2D eigenvalue weighted by atomic mass is 10.0. The Bertz CT molecular complexity index is 870. The van der Waals surface area contributed by atoms with E-state index in [4.69, 9.17) is 0 Å². The number of rotatable bonds is 3. The van der Waals surface area contributed by atoms with Crippen molar-refractivity contribution < 1.29 is 13.2 Å². The molecule has 5 nitrogen and oxygen atoms in total. The minimum absolute atomic E-state index is 0.175. The van der Waals surface area contributed by atoms with Crippen molar-refractivity contribution in [2.24, 2.45) is 7.05 Å². The highest BCUT2D eigenvalue weighted by atomic mass is 19.4. The summed E-state index contributed by atoms with van der Waals surface area (Å²) in [4.78, 5) is 8.35. The van der Waals surface area contributed by atoms with Crippen molar-refractivity contribution >= 4 is 11.6 Å². The van der Waals surface area contributed by atoms with Gasteiger partial charge in [-0.3, -0.25) is 4.68 Å². The van der Waals surface area contributed by atoms with Crippen molar-refractivity contribution in [1.82, 2.24) is 19.7 Å². The van der Waals surface area contributed by atoms with Gasteiger partial charge in [0.25, 0.3) is 0 Å². The maximum absolute atomic E-state index is 13.1. The summed E-state index contributed by atoms with van der Waals surface area (Å²) in [5.74, 6) is 0.287. The Kier molecular flexibility index (Phi) is 3.96. The number of aryl methyl sites for hydroxylation is 2. The van der Waals surface area contributed by atoms with Gasteiger partial charge in [0.1, 0.15) is 0 Å². The number of halogens is 3. The van der Waals surface area contributed by atoms with Gasteiger partial charge in [0.05, 0.1) is 23.1 Å². The van der Waals surface area contributed by atoms with Crippen molar-refractivity contribution in [3.63, 3.8) is 0 Å². The standard InChI is InChI=1S/C16H14F3N5/c1-10-3-4-11(7-13(10)16(17,18)19)14-5-6-20-15(23-14)22-12-8-21-24(2)9-12/h3-9H,1-2H3,(H,20,22,23). The van der Waals surface area contributed by atoms with Crippen molar-refractivity contribution in [2.75, 3.05) is 5.32 Å². The van der Waals surface area contributed by atoms with Gasteiger partial charge in [-0.05, 0) is 24.6 Å². The van der Waals surface area contributed by atoms with Crippen LogP contribution in [0.15, 0.2) is 42.9 Å². The molecule has 0 radical (unpaired) electrons. The highest BCUT2D eigenvalue weighted by Gasteiger charge is 2.32. The van der Waals surface area contributed by atoms with E-state index >= 15 is 0 Å². The first-order chi connectivity index (χ1) is 11.3. The lowest BCUT2D eigenvalue weighted by molar-refractivity contribution is -0.138. The zero-order chi connectivity index (χ0) is 17.3. The lowest BCUT2D eigenvalue weighted by Gasteiger charge is -2.12. The Labute approximate surface area is 136 Å². The monoisotopic (exact) mass is 333 g/mol. The first-order valence-corrected chi connectivity index (χ1v) is 7.10. The highest BCUT2D eigenvalue weighted by Crippen LogP contribution is 2.34. The van der Waals surface area contributed by atoms with Crippen LogP contribution in [0.1, 0.15) is 11.1 Å². The van der Waals surface area contributed by atoms with Crippen molar-refractivity contribution in [2.45, 2.75) is 13.1 Å². The summed E-state index contributed by atoms with van der Waals surface area (Å²) in [5.41, 5.74) is 0.982. The first-order valence-electron chi connectivity index (χ1n) is 7.10. The molecular formula is C16H14F3N5. The van der Waals surface area contributed by atoms with Gasteiger partial charge >= 0.3 is 6.18 Å². The number of nitrogens with zero attached hydrogens (tertiary/aromatic N) is 4. The molecule has 2 heterocycles. The fourth-order valence-electron chi connectivity index (χ4n) is 2.28. The van der Waals surface area contributed by atoms with Crippen molar-refractivity contribution in [3.05, 3.63) is 54.0 Å². The molecule has 0 bridgehead atoms. The number of hydrogen-bond donors (Lipinski definition) is 1. The number of aromatic nitrogens is 4. The molecule has 0 saturated carbocycles. The summed E-state index contributed by atoms with van der Waals surface area (Å²) in [6, 6.07) is 5.72. The lowest BCUT2D eigenvalue weighted by Crippen LogP contribution is -2.07. The van der Waals surface area contributed by atoms with Gasteiger partial charge in [0, 0.05) is 25.0 Å². The van der Waals surface area contributed by atoms with Gasteiger partial charge in [-0.2, -0.15) is 18.3 Å². The Morgan fingerprint density at radius 2 is 1.96 bits per heavy atom. The summed E-state index contributed by atoms with van der Waals surface area (Å²) in [7, 11) is 1.77. The van der Waals surface area contributed by atoms with Gasteiger partial charge in [-0.1, -0.05) is 12.1 Å². The Hall–Kier alpha value is -2.90. The zero-order valence-corrected chi connectivity index (χ0v) is 13.0. The summed E-state index contributed by atoms with van der Waals surface area (Å²) in [6.07, 6.45) is 0.436. The van der Waals surface area contributed by atoms with E-state index in [-0.39, 0.29) is 11.5 Å². The van der Waals surface area contributed by atoms with E-state index in [9.17, 15) is 13.2 Å². The minimum Gasteiger partial charge on any atom is -0.321 e. The second-order valence-electron chi connectivity index (χ2n) is 5.32. The molecule has 24 heavy (non-hydrogen) atoms. The maximum atomic E-state index is 13.1. The number of anilines is 2.